The minimum absolute atomic E-state index is 0.123. The lowest BCUT2D eigenvalue weighted by Crippen LogP contribution is -2.05. The molecule has 0 bridgehead atoms. The van der Waals surface area contributed by atoms with E-state index >= 15 is 0 Å². The monoisotopic (exact) mass is 389 g/mol. The van der Waals surface area contributed by atoms with Crippen LogP contribution in [0.3, 0.4) is 0 Å². The van der Waals surface area contributed by atoms with Crippen LogP contribution >= 0.6 is 34.9 Å². The predicted molar refractivity (Wildman–Crippen MR) is 107 cm³/mol. The summed E-state index contributed by atoms with van der Waals surface area (Å²) in [6, 6.07) is 10.3. The van der Waals surface area contributed by atoms with Gasteiger partial charge in [-0.2, -0.15) is 0 Å². The van der Waals surface area contributed by atoms with Crippen LogP contribution in [0.5, 0.6) is 0 Å². The zero-order valence-corrected chi connectivity index (χ0v) is 17.0. The minimum atomic E-state index is 0.123. The topological polar surface area (TPSA) is 47.8 Å². The van der Waals surface area contributed by atoms with E-state index in [2.05, 4.69) is 46.0 Å². The van der Waals surface area contributed by atoms with Crippen LogP contribution in [0.15, 0.2) is 39.0 Å². The molecule has 0 radical (unpaired) electrons. The van der Waals surface area contributed by atoms with E-state index in [1.165, 1.54) is 28.7 Å². The molecule has 0 atom stereocenters. The van der Waals surface area contributed by atoms with Gasteiger partial charge in [0.15, 0.2) is 14.5 Å². The van der Waals surface area contributed by atoms with Crippen molar-refractivity contribution in [2.75, 3.05) is 12.0 Å². The summed E-state index contributed by atoms with van der Waals surface area (Å²) in [6.07, 6.45) is 1.97. The minimum Gasteiger partial charge on any atom is -0.318 e. The Morgan fingerprint density at radius 3 is 2.44 bits per heavy atom. The van der Waals surface area contributed by atoms with Crippen LogP contribution in [-0.4, -0.2) is 32.6 Å². The van der Waals surface area contributed by atoms with Crippen LogP contribution in [0.25, 0.3) is 5.69 Å². The highest BCUT2D eigenvalue weighted by Gasteiger charge is 2.17. The highest BCUT2D eigenvalue weighted by Crippen LogP contribution is 2.29. The number of rotatable bonds is 6. The fourth-order valence-electron chi connectivity index (χ4n) is 2.68. The highest BCUT2D eigenvalue weighted by atomic mass is 32.2. The number of benzene rings is 1. The van der Waals surface area contributed by atoms with Gasteiger partial charge in [-0.05, 0) is 45.2 Å². The predicted octanol–water partition coefficient (Wildman–Crippen LogP) is 4.95. The van der Waals surface area contributed by atoms with E-state index in [0.29, 0.717) is 5.75 Å². The summed E-state index contributed by atoms with van der Waals surface area (Å²) >= 11 is 4.55. The van der Waals surface area contributed by atoms with Crippen molar-refractivity contribution >= 4 is 40.6 Å². The van der Waals surface area contributed by atoms with E-state index < -0.39 is 0 Å². The average Bonchev–Trinajstić information content (AvgIpc) is 3.18. The third-order valence-electron chi connectivity index (χ3n) is 3.91. The van der Waals surface area contributed by atoms with Gasteiger partial charge in [-0.15, -0.1) is 10.2 Å². The van der Waals surface area contributed by atoms with Crippen molar-refractivity contribution in [2.24, 2.45) is 0 Å². The van der Waals surface area contributed by atoms with Gasteiger partial charge in [0, 0.05) is 22.6 Å². The first kappa shape index (κ1) is 18.2. The smallest absolute Gasteiger partial charge is 0.175 e. The van der Waals surface area contributed by atoms with Gasteiger partial charge in [-0.1, -0.05) is 52.6 Å². The molecule has 3 aromatic rings. The van der Waals surface area contributed by atoms with Crippen LogP contribution in [-0.2, 0) is 0 Å². The Balaban J connectivity index is 1.79. The van der Waals surface area contributed by atoms with Crippen molar-refractivity contribution in [3.05, 3.63) is 52.8 Å². The molecular formula is C18H19N3OS3. The largest absolute Gasteiger partial charge is 0.318 e. The molecular weight excluding hydrogens is 370 g/mol. The summed E-state index contributed by atoms with van der Waals surface area (Å²) < 4.78 is 3.89. The number of aromatic nitrogens is 3. The number of hydrogen-bond donors (Lipinski definition) is 0. The lowest BCUT2D eigenvalue weighted by Gasteiger charge is -2.10. The van der Waals surface area contributed by atoms with Crippen LogP contribution in [0.4, 0.5) is 0 Å². The molecule has 0 amide bonds. The summed E-state index contributed by atoms with van der Waals surface area (Å²) in [7, 11) is 0. The molecule has 0 unspecified atom stereocenters. The van der Waals surface area contributed by atoms with Gasteiger partial charge in [0.2, 0.25) is 0 Å². The van der Waals surface area contributed by atoms with E-state index in [1.54, 1.807) is 11.8 Å². The first-order valence-electron chi connectivity index (χ1n) is 7.79. The highest BCUT2D eigenvalue weighted by molar-refractivity contribution is 8.03. The Labute approximate surface area is 160 Å². The number of nitrogens with zero attached hydrogens (tertiary/aromatic N) is 3. The van der Waals surface area contributed by atoms with Gasteiger partial charge in [0.05, 0.1) is 5.75 Å². The lowest BCUT2D eigenvalue weighted by atomic mass is 10.2. The van der Waals surface area contributed by atoms with E-state index in [9.17, 15) is 4.79 Å². The first-order valence-corrected chi connectivity index (χ1v) is 10.8. The molecule has 0 fully saturated rings. The summed E-state index contributed by atoms with van der Waals surface area (Å²) in [5, 5.41) is 8.17. The van der Waals surface area contributed by atoms with Gasteiger partial charge in [0.1, 0.15) is 0 Å². The standard InChI is InChI=1S/C18H19N3OS3/c1-11-5-7-14(8-6-11)21-12(2)9-15(13(21)3)16(22)10-24-18-20-19-17(23-4)25-18/h5-9H,10H2,1-4H3. The molecule has 0 aliphatic rings. The number of carbonyl (C=O) groups excluding carboxylic acids is 1. The normalized spacial score (nSPS) is 11.0. The fourth-order valence-corrected chi connectivity index (χ4v) is 5.00. The van der Waals surface area contributed by atoms with E-state index in [4.69, 9.17) is 0 Å². The molecule has 1 aromatic carbocycles. The molecule has 25 heavy (non-hydrogen) atoms. The van der Waals surface area contributed by atoms with Crippen LogP contribution in [0.1, 0.15) is 27.3 Å². The summed E-state index contributed by atoms with van der Waals surface area (Å²) in [5.41, 5.74) is 5.13. The maximum Gasteiger partial charge on any atom is 0.175 e. The van der Waals surface area contributed by atoms with Crippen molar-refractivity contribution in [2.45, 2.75) is 29.5 Å². The number of carbonyl (C=O) groups is 1. The maximum atomic E-state index is 12.7. The molecule has 0 aliphatic heterocycles. The molecule has 0 spiro atoms. The van der Waals surface area contributed by atoms with Crippen LogP contribution in [0, 0.1) is 20.8 Å². The molecule has 130 valence electrons. The van der Waals surface area contributed by atoms with Crippen molar-refractivity contribution < 1.29 is 4.79 Å². The second-order valence-electron chi connectivity index (χ2n) is 5.71. The van der Waals surface area contributed by atoms with Gasteiger partial charge in [-0.25, -0.2) is 0 Å². The molecule has 4 nitrogen and oxygen atoms in total. The Bertz CT molecular complexity index is 897. The van der Waals surface area contributed by atoms with Crippen LogP contribution < -0.4 is 0 Å². The van der Waals surface area contributed by atoms with Gasteiger partial charge in [-0.3, -0.25) is 4.79 Å². The maximum absolute atomic E-state index is 12.7. The molecule has 0 saturated carbocycles. The van der Waals surface area contributed by atoms with Crippen LogP contribution in [0.2, 0.25) is 0 Å². The number of aryl methyl sites for hydroxylation is 2. The Kier molecular flexibility index (Phi) is 5.66. The Hall–Kier alpha value is -1.57. The van der Waals surface area contributed by atoms with E-state index in [1.807, 2.05) is 26.2 Å². The molecule has 0 aliphatic carbocycles. The summed E-state index contributed by atoms with van der Waals surface area (Å²) in [4.78, 5) is 12.7. The Morgan fingerprint density at radius 2 is 1.80 bits per heavy atom. The molecule has 0 N–H and O–H groups in total. The fraction of sp³-hybridized carbons (Fsp3) is 0.278. The zero-order chi connectivity index (χ0) is 18.0. The van der Waals surface area contributed by atoms with Gasteiger partial charge < -0.3 is 4.57 Å². The van der Waals surface area contributed by atoms with E-state index in [-0.39, 0.29) is 5.78 Å². The Morgan fingerprint density at radius 1 is 1.12 bits per heavy atom. The number of hydrogen-bond acceptors (Lipinski definition) is 6. The van der Waals surface area contributed by atoms with Crippen molar-refractivity contribution in [3.8, 4) is 5.69 Å². The molecule has 2 heterocycles. The third kappa shape index (κ3) is 3.99. The molecule has 0 saturated heterocycles. The van der Waals surface area contributed by atoms with Crippen molar-refractivity contribution in [1.82, 2.24) is 14.8 Å². The number of thioether (sulfide) groups is 2. The molecule has 7 heteroatoms. The quantitative estimate of drug-likeness (QED) is 0.441. The molecule has 3 rings (SSSR count). The van der Waals surface area contributed by atoms with Gasteiger partial charge in [0.25, 0.3) is 0 Å². The summed E-state index contributed by atoms with van der Waals surface area (Å²) in [6.45, 7) is 6.11. The SMILES string of the molecule is CSc1nnc(SCC(=O)c2cc(C)n(-c3ccc(C)cc3)c2C)s1. The molecule has 2 aromatic heterocycles. The first-order chi connectivity index (χ1) is 12.0. The zero-order valence-electron chi connectivity index (χ0n) is 14.6. The third-order valence-corrected chi connectivity index (χ3v) is 6.95. The average molecular weight is 390 g/mol. The lowest BCUT2D eigenvalue weighted by molar-refractivity contribution is 0.102. The second-order valence-corrected chi connectivity index (χ2v) is 8.96. The van der Waals surface area contributed by atoms with Gasteiger partial charge >= 0.3 is 0 Å². The number of Topliss-reactive ketones (excluding diaryl/α,β-unsaturated/α-hetero) is 1. The van der Waals surface area contributed by atoms with E-state index in [0.717, 1.165) is 31.3 Å². The van der Waals surface area contributed by atoms with Crippen molar-refractivity contribution in [3.63, 3.8) is 0 Å². The number of ketones is 1. The second kappa shape index (κ2) is 7.76. The van der Waals surface area contributed by atoms with Crippen molar-refractivity contribution in [1.29, 1.82) is 0 Å². The summed E-state index contributed by atoms with van der Waals surface area (Å²) in [5.74, 6) is 0.499.